The molecule has 0 aromatic heterocycles. The molecule has 0 saturated heterocycles. The molecule has 0 spiro atoms. The van der Waals surface area contributed by atoms with Crippen LogP contribution in [0.1, 0.15) is 280 Å². The van der Waals surface area contributed by atoms with Crippen molar-refractivity contribution >= 4 is 35.0 Å². The average Bonchev–Trinajstić information content (AvgIpc) is 3.37. The Labute approximate surface area is 433 Å². The molecule has 0 heterocycles. The van der Waals surface area contributed by atoms with Gasteiger partial charge in [0.1, 0.15) is 11.5 Å². The molecule has 2 aromatic carbocycles. The Morgan fingerprint density at radius 3 is 1.18 bits per heavy atom. The molecule has 71 heavy (non-hydrogen) atoms. The highest BCUT2D eigenvalue weighted by molar-refractivity contribution is 6.03. The summed E-state index contributed by atoms with van der Waals surface area (Å²) in [6.45, 7) is 12.2. The number of carbonyl (C=O) groups is 4. The number of hydrogen-bond donors (Lipinski definition) is 4. The minimum Gasteiger partial charge on any atom is -0.493 e. The number of hydrogen-bond acceptors (Lipinski definition) is 6. The maximum absolute atomic E-state index is 13.7. The molecule has 10 heteroatoms. The molecule has 10 nitrogen and oxygen atoms in total. The molecule has 1 unspecified atom stereocenters. The first kappa shape index (κ1) is 63.0. The molecule has 0 aliphatic carbocycles. The van der Waals surface area contributed by atoms with Gasteiger partial charge in [-0.15, -0.1) is 0 Å². The SMILES string of the molecule is CCCCCCCCCCCCCCCCOc1ccc(NC(=O)CCCC)cc1C(=O)NCC(=O)Nc1ccc(OCCCCCCCCCCCCCCCC)c(C(=O)NCC(CC)CCCC)c1. The van der Waals surface area contributed by atoms with E-state index in [2.05, 4.69) is 49.0 Å². The van der Waals surface area contributed by atoms with E-state index in [4.69, 9.17) is 9.47 Å². The van der Waals surface area contributed by atoms with E-state index in [9.17, 15) is 19.2 Å². The van der Waals surface area contributed by atoms with Gasteiger partial charge in [0, 0.05) is 24.3 Å². The van der Waals surface area contributed by atoms with Gasteiger partial charge in [-0.1, -0.05) is 227 Å². The summed E-state index contributed by atoms with van der Waals surface area (Å²) in [6.07, 6.45) is 42.0. The van der Waals surface area contributed by atoms with Crippen LogP contribution in [0.5, 0.6) is 11.5 Å². The van der Waals surface area contributed by atoms with Crippen LogP contribution in [0.15, 0.2) is 36.4 Å². The molecule has 0 bridgehead atoms. The highest BCUT2D eigenvalue weighted by atomic mass is 16.5. The second-order valence-corrected chi connectivity index (χ2v) is 20.3. The predicted molar refractivity (Wildman–Crippen MR) is 299 cm³/mol. The normalized spacial score (nSPS) is 11.6. The predicted octanol–water partition coefficient (Wildman–Crippen LogP) is 16.9. The van der Waals surface area contributed by atoms with E-state index in [1.165, 1.54) is 148 Å². The van der Waals surface area contributed by atoms with Crippen LogP contribution in [0.3, 0.4) is 0 Å². The second-order valence-electron chi connectivity index (χ2n) is 20.3. The summed E-state index contributed by atoms with van der Waals surface area (Å²) < 4.78 is 12.4. The molecule has 0 saturated carbocycles. The van der Waals surface area contributed by atoms with Crippen LogP contribution in [0.25, 0.3) is 0 Å². The van der Waals surface area contributed by atoms with Gasteiger partial charge in [0.15, 0.2) is 0 Å². The van der Waals surface area contributed by atoms with Gasteiger partial charge in [-0.05, 0) is 68.0 Å². The third kappa shape index (κ3) is 31.9. The lowest BCUT2D eigenvalue weighted by Gasteiger charge is -2.17. The van der Waals surface area contributed by atoms with Crippen molar-refractivity contribution < 1.29 is 28.7 Å². The first-order valence-corrected chi connectivity index (χ1v) is 29.5. The van der Waals surface area contributed by atoms with Crippen molar-refractivity contribution in [1.29, 1.82) is 0 Å². The molecule has 2 aromatic rings. The van der Waals surface area contributed by atoms with Gasteiger partial charge in [-0.2, -0.15) is 0 Å². The Morgan fingerprint density at radius 2 is 0.789 bits per heavy atom. The fraction of sp³-hybridized carbons (Fsp3) is 0.738. The highest BCUT2D eigenvalue weighted by Crippen LogP contribution is 2.26. The Balaban J connectivity index is 1.97. The third-order valence-electron chi connectivity index (χ3n) is 13.8. The molecule has 0 aliphatic rings. The van der Waals surface area contributed by atoms with Crippen LogP contribution >= 0.6 is 0 Å². The van der Waals surface area contributed by atoms with Crippen molar-refractivity contribution in [3.63, 3.8) is 0 Å². The summed E-state index contributed by atoms with van der Waals surface area (Å²) in [5.74, 6) is 0.0105. The summed E-state index contributed by atoms with van der Waals surface area (Å²) in [5, 5.41) is 11.7. The molecule has 0 aliphatic heterocycles. The first-order valence-electron chi connectivity index (χ1n) is 29.5. The van der Waals surface area contributed by atoms with Crippen molar-refractivity contribution in [2.75, 3.05) is 36.9 Å². The van der Waals surface area contributed by atoms with Gasteiger partial charge in [0.25, 0.3) is 11.8 Å². The Bertz CT molecular complexity index is 1680. The number of unbranched alkanes of at least 4 members (excludes halogenated alkanes) is 28. The summed E-state index contributed by atoms with van der Waals surface area (Å²) in [4.78, 5) is 53.4. The van der Waals surface area contributed by atoms with Crippen molar-refractivity contribution in [2.45, 2.75) is 259 Å². The number of ether oxygens (including phenoxy) is 2. The minimum atomic E-state index is -0.485. The molecule has 0 fully saturated rings. The Hall–Kier alpha value is -4.08. The van der Waals surface area contributed by atoms with Gasteiger partial charge in [-0.3, -0.25) is 19.2 Å². The topological polar surface area (TPSA) is 135 Å². The second kappa shape index (κ2) is 43.5. The molecular weight excluding hydrogens is 885 g/mol. The third-order valence-corrected chi connectivity index (χ3v) is 13.8. The maximum atomic E-state index is 13.7. The van der Waals surface area contributed by atoms with E-state index in [1.807, 2.05) is 6.92 Å². The van der Waals surface area contributed by atoms with E-state index in [0.29, 0.717) is 60.5 Å². The lowest BCUT2D eigenvalue weighted by atomic mass is 9.99. The van der Waals surface area contributed by atoms with Gasteiger partial charge < -0.3 is 30.7 Å². The molecule has 4 N–H and O–H groups in total. The maximum Gasteiger partial charge on any atom is 0.255 e. The van der Waals surface area contributed by atoms with Crippen molar-refractivity contribution in [1.82, 2.24) is 10.6 Å². The van der Waals surface area contributed by atoms with Crippen LogP contribution in [0.4, 0.5) is 11.4 Å². The zero-order chi connectivity index (χ0) is 51.4. The summed E-state index contributed by atoms with van der Waals surface area (Å²) in [6, 6.07) is 10.2. The van der Waals surface area contributed by atoms with E-state index < -0.39 is 11.8 Å². The Kier molecular flexibility index (Phi) is 38.6. The highest BCUT2D eigenvalue weighted by Gasteiger charge is 2.19. The Morgan fingerprint density at radius 1 is 0.423 bits per heavy atom. The quantitative estimate of drug-likeness (QED) is 0.0488. The van der Waals surface area contributed by atoms with E-state index in [-0.39, 0.29) is 23.9 Å². The van der Waals surface area contributed by atoms with Crippen LogP contribution in [-0.4, -0.2) is 49.9 Å². The summed E-state index contributed by atoms with van der Waals surface area (Å²) in [7, 11) is 0. The van der Waals surface area contributed by atoms with Gasteiger partial charge >= 0.3 is 0 Å². The lowest BCUT2D eigenvalue weighted by Crippen LogP contribution is -2.33. The van der Waals surface area contributed by atoms with Crippen LogP contribution in [0.2, 0.25) is 0 Å². The fourth-order valence-electron chi connectivity index (χ4n) is 9.08. The van der Waals surface area contributed by atoms with Crippen molar-refractivity contribution in [2.24, 2.45) is 5.92 Å². The smallest absolute Gasteiger partial charge is 0.255 e. The first-order chi connectivity index (χ1) is 34.8. The van der Waals surface area contributed by atoms with Crippen molar-refractivity contribution in [3.8, 4) is 11.5 Å². The van der Waals surface area contributed by atoms with Crippen LogP contribution < -0.4 is 30.7 Å². The number of carbonyl (C=O) groups excluding carboxylic acids is 4. The van der Waals surface area contributed by atoms with Gasteiger partial charge in [-0.25, -0.2) is 0 Å². The van der Waals surface area contributed by atoms with Gasteiger partial charge in [0.2, 0.25) is 11.8 Å². The molecule has 1 atom stereocenters. The summed E-state index contributed by atoms with van der Waals surface area (Å²) >= 11 is 0. The lowest BCUT2D eigenvalue weighted by molar-refractivity contribution is -0.116. The number of benzene rings is 2. The molecule has 4 amide bonds. The van der Waals surface area contributed by atoms with Gasteiger partial charge in [0.05, 0.1) is 30.9 Å². The van der Waals surface area contributed by atoms with Crippen molar-refractivity contribution in [3.05, 3.63) is 47.5 Å². The van der Waals surface area contributed by atoms with E-state index in [0.717, 1.165) is 70.6 Å². The monoisotopic (exact) mass is 989 g/mol. The minimum absolute atomic E-state index is 0.116. The number of anilines is 2. The molecule has 2 rings (SSSR count). The summed E-state index contributed by atoms with van der Waals surface area (Å²) in [5.41, 5.74) is 1.56. The van der Waals surface area contributed by atoms with E-state index >= 15 is 0 Å². The number of nitrogens with one attached hydrogen (secondary N) is 4. The van der Waals surface area contributed by atoms with E-state index in [1.54, 1.807) is 36.4 Å². The number of rotatable bonds is 47. The zero-order valence-electron chi connectivity index (χ0n) is 46.1. The largest absolute Gasteiger partial charge is 0.493 e. The zero-order valence-corrected chi connectivity index (χ0v) is 46.1. The van der Waals surface area contributed by atoms with Crippen LogP contribution in [-0.2, 0) is 9.59 Å². The fourth-order valence-corrected chi connectivity index (χ4v) is 9.08. The molecular formula is C61H104N4O6. The average molecular weight is 990 g/mol. The number of amides is 4. The standard InChI is InChI=1S/C61H104N4O6/c1-6-11-15-17-19-21-23-25-27-29-31-33-35-37-45-70-56-44-42-53(48-54(56)60(68)62-49-51(10-5)39-13-8-3)65-59(67)50-63-61(69)55-47-52(64-58(66)40-14-9-4)41-43-57(55)71-46-38-36-34-32-30-28-26-24-22-20-18-16-12-7-2/h41-44,47-48,51H,6-40,45-46,49-50H2,1-5H3,(H,62,68)(H,63,69)(H,64,66)(H,65,67). The van der Waals surface area contributed by atoms with Crippen LogP contribution in [0, 0.1) is 5.92 Å². The molecule has 0 radical (unpaired) electrons. The molecule has 404 valence electrons.